The average Bonchev–Trinajstić information content (AvgIpc) is 2.70. The van der Waals surface area contributed by atoms with Crippen molar-refractivity contribution < 1.29 is 17.9 Å². The van der Waals surface area contributed by atoms with Gasteiger partial charge in [0.15, 0.2) is 5.69 Å². The summed E-state index contributed by atoms with van der Waals surface area (Å²) in [6.45, 7) is 13.0. The number of sulfone groups is 1. The molecule has 0 saturated carbocycles. The van der Waals surface area contributed by atoms with E-state index in [4.69, 9.17) is 11.3 Å². The van der Waals surface area contributed by atoms with Gasteiger partial charge in [0.25, 0.3) is 0 Å². The third-order valence-electron chi connectivity index (χ3n) is 5.01. The second kappa shape index (κ2) is 8.49. The molecule has 1 N–H and O–H groups in total. The van der Waals surface area contributed by atoms with E-state index in [1.807, 2.05) is 26.8 Å². The first-order valence-electron chi connectivity index (χ1n) is 9.92. The number of fused-ring (bicyclic) bond motifs is 1. The third-order valence-corrected chi connectivity index (χ3v) is 6.76. The van der Waals surface area contributed by atoms with E-state index in [0.717, 1.165) is 30.4 Å². The standard InChI is InChI=1S/C23H26N2O4S/c1-23(2,3)29-22(26)25-15-17-8-5-7-16-13-20(11-12-21(16)17)30(27,28)19-10-6-9-18(14-19)24-4/h6,9-14,17H,5,7-8,15H2,1-3H3,(H,25,26)/t17-/m0/s1. The number of carbonyl (C=O) groups is 1. The average molecular weight is 427 g/mol. The largest absolute Gasteiger partial charge is 0.444 e. The van der Waals surface area contributed by atoms with Crippen molar-refractivity contribution in [1.82, 2.24) is 5.32 Å². The smallest absolute Gasteiger partial charge is 0.407 e. The molecule has 1 aliphatic rings. The number of hydrogen-bond acceptors (Lipinski definition) is 4. The molecule has 2 aromatic carbocycles. The minimum absolute atomic E-state index is 0.114. The minimum atomic E-state index is -3.70. The van der Waals surface area contributed by atoms with Crippen molar-refractivity contribution in [2.24, 2.45) is 0 Å². The molecule has 0 unspecified atom stereocenters. The van der Waals surface area contributed by atoms with Crippen LogP contribution in [0.1, 0.15) is 50.7 Å². The number of carbonyl (C=O) groups excluding carboxylic acids is 1. The molecule has 1 atom stereocenters. The van der Waals surface area contributed by atoms with Gasteiger partial charge in [-0.15, -0.1) is 0 Å². The second-order valence-corrected chi connectivity index (χ2v) is 10.4. The summed E-state index contributed by atoms with van der Waals surface area (Å²) in [5.74, 6) is 0.114. The first-order valence-corrected chi connectivity index (χ1v) is 11.4. The van der Waals surface area contributed by atoms with Crippen molar-refractivity contribution in [3.8, 4) is 0 Å². The quantitative estimate of drug-likeness (QED) is 0.697. The highest BCUT2D eigenvalue weighted by atomic mass is 32.2. The molecule has 0 aromatic heterocycles. The lowest BCUT2D eigenvalue weighted by Gasteiger charge is -2.27. The molecule has 0 spiro atoms. The molecular formula is C23H26N2O4S. The van der Waals surface area contributed by atoms with E-state index < -0.39 is 21.5 Å². The van der Waals surface area contributed by atoms with Crippen molar-refractivity contribution in [2.45, 2.75) is 61.3 Å². The lowest BCUT2D eigenvalue weighted by molar-refractivity contribution is 0.0523. The lowest BCUT2D eigenvalue weighted by atomic mass is 9.83. The fourth-order valence-electron chi connectivity index (χ4n) is 3.65. The molecular weight excluding hydrogens is 400 g/mol. The van der Waals surface area contributed by atoms with Gasteiger partial charge in [-0.2, -0.15) is 0 Å². The molecule has 6 nitrogen and oxygen atoms in total. The third kappa shape index (κ3) is 5.00. The van der Waals surface area contributed by atoms with E-state index in [2.05, 4.69) is 10.2 Å². The number of ether oxygens (including phenoxy) is 1. The molecule has 1 amide bonds. The molecule has 0 saturated heterocycles. The van der Waals surface area contributed by atoms with E-state index in [-0.39, 0.29) is 15.7 Å². The Morgan fingerprint density at radius 3 is 2.63 bits per heavy atom. The molecule has 0 heterocycles. The van der Waals surface area contributed by atoms with Crippen molar-refractivity contribution >= 4 is 21.6 Å². The fourth-order valence-corrected chi connectivity index (χ4v) is 5.00. The number of hydrogen-bond donors (Lipinski definition) is 1. The Bertz CT molecular complexity index is 1090. The van der Waals surface area contributed by atoms with Gasteiger partial charge >= 0.3 is 6.09 Å². The number of alkyl carbamates (subject to hydrolysis) is 1. The normalized spacial score (nSPS) is 16.3. The van der Waals surface area contributed by atoms with Crippen LogP contribution in [0.4, 0.5) is 10.5 Å². The van der Waals surface area contributed by atoms with E-state index in [0.29, 0.717) is 12.2 Å². The Morgan fingerprint density at radius 1 is 1.20 bits per heavy atom. The maximum Gasteiger partial charge on any atom is 0.407 e. The molecule has 0 bridgehead atoms. The summed E-state index contributed by atoms with van der Waals surface area (Å²) in [6, 6.07) is 11.3. The summed E-state index contributed by atoms with van der Waals surface area (Å²) in [5, 5.41) is 2.83. The monoisotopic (exact) mass is 426 g/mol. The van der Waals surface area contributed by atoms with Crippen LogP contribution in [0.3, 0.4) is 0 Å². The van der Waals surface area contributed by atoms with Gasteiger partial charge in [0.1, 0.15) is 5.60 Å². The van der Waals surface area contributed by atoms with Gasteiger partial charge in [-0.3, -0.25) is 0 Å². The summed E-state index contributed by atoms with van der Waals surface area (Å²) < 4.78 is 31.4. The summed E-state index contributed by atoms with van der Waals surface area (Å²) in [4.78, 5) is 15.6. The van der Waals surface area contributed by atoms with Crippen LogP contribution in [0.2, 0.25) is 0 Å². The number of nitrogens with one attached hydrogen (secondary N) is 1. The van der Waals surface area contributed by atoms with Gasteiger partial charge in [0.2, 0.25) is 9.84 Å². The number of benzene rings is 2. The molecule has 0 fully saturated rings. The van der Waals surface area contributed by atoms with Gasteiger partial charge in [0, 0.05) is 12.5 Å². The van der Waals surface area contributed by atoms with Gasteiger partial charge < -0.3 is 10.1 Å². The van der Waals surface area contributed by atoms with Crippen molar-refractivity contribution in [2.75, 3.05) is 6.54 Å². The zero-order valence-electron chi connectivity index (χ0n) is 17.4. The zero-order chi connectivity index (χ0) is 21.9. The van der Waals surface area contributed by atoms with Crippen LogP contribution in [-0.2, 0) is 21.0 Å². The van der Waals surface area contributed by atoms with Crippen LogP contribution in [-0.4, -0.2) is 26.7 Å². The molecule has 2 aromatic rings. The van der Waals surface area contributed by atoms with Gasteiger partial charge in [-0.05, 0) is 75.4 Å². The van der Waals surface area contributed by atoms with Crippen molar-refractivity contribution in [3.63, 3.8) is 0 Å². The Morgan fingerprint density at radius 2 is 1.93 bits per heavy atom. The Hall–Kier alpha value is -2.85. The van der Waals surface area contributed by atoms with Crippen LogP contribution in [0, 0.1) is 6.57 Å². The van der Waals surface area contributed by atoms with Crippen LogP contribution in [0.25, 0.3) is 4.85 Å². The van der Waals surface area contributed by atoms with E-state index in [1.165, 1.54) is 12.1 Å². The number of amides is 1. The second-order valence-electron chi connectivity index (χ2n) is 8.45. The van der Waals surface area contributed by atoms with Crippen LogP contribution in [0.15, 0.2) is 52.3 Å². The number of rotatable bonds is 4. The van der Waals surface area contributed by atoms with Crippen LogP contribution >= 0.6 is 0 Å². The van der Waals surface area contributed by atoms with E-state index in [9.17, 15) is 13.2 Å². The van der Waals surface area contributed by atoms with Crippen LogP contribution in [0.5, 0.6) is 0 Å². The summed E-state index contributed by atoms with van der Waals surface area (Å²) in [7, 11) is -3.70. The van der Waals surface area contributed by atoms with Crippen molar-refractivity contribution in [3.05, 3.63) is 65.0 Å². The minimum Gasteiger partial charge on any atom is -0.444 e. The fraction of sp³-hybridized carbons (Fsp3) is 0.391. The molecule has 158 valence electrons. The molecule has 30 heavy (non-hydrogen) atoms. The number of nitrogens with zero attached hydrogens (tertiary/aromatic N) is 1. The Balaban J connectivity index is 1.81. The highest BCUT2D eigenvalue weighted by Gasteiger charge is 2.25. The van der Waals surface area contributed by atoms with E-state index >= 15 is 0 Å². The summed E-state index contributed by atoms with van der Waals surface area (Å²) >= 11 is 0. The first-order chi connectivity index (χ1) is 14.1. The molecule has 0 aliphatic heterocycles. The van der Waals surface area contributed by atoms with Gasteiger partial charge in [-0.1, -0.05) is 18.2 Å². The highest BCUT2D eigenvalue weighted by molar-refractivity contribution is 7.91. The Labute approximate surface area is 178 Å². The summed E-state index contributed by atoms with van der Waals surface area (Å²) in [5.41, 5.74) is 1.79. The van der Waals surface area contributed by atoms with Gasteiger partial charge in [0.05, 0.1) is 16.4 Å². The lowest BCUT2D eigenvalue weighted by Crippen LogP contribution is -2.35. The Kier molecular flexibility index (Phi) is 6.18. The topological polar surface area (TPSA) is 76.8 Å². The van der Waals surface area contributed by atoms with Crippen LogP contribution < -0.4 is 5.32 Å². The SMILES string of the molecule is [C-]#[N+]c1cccc(S(=O)(=O)c2ccc3c(c2)CCC[C@H]3CNC(=O)OC(C)(C)C)c1. The highest BCUT2D eigenvalue weighted by Crippen LogP contribution is 2.34. The first kappa shape index (κ1) is 21.8. The molecule has 0 radical (unpaired) electrons. The van der Waals surface area contributed by atoms with Crippen molar-refractivity contribution in [1.29, 1.82) is 0 Å². The predicted octanol–water partition coefficient (Wildman–Crippen LogP) is 5.01. The summed E-state index contributed by atoms with van der Waals surface area (Å²) in [6.07, 6.45) is 2.18. The maximum absolute atomic E-state index is 13.0. The van der Waals surface area contributed by atoms with E-state index in [1.54, 1.807) is 24.3 Å². The van der Waals surface area contributed by atoms with Gasteiger partial charge in [-0.25, -0.2) is 18.1 Å². The molecule has 7 heteroatoms. The number of aryl methyl sites for hydroxylation is 1. The maximum atomic E-state index is 13.0. The predicted molar refractivity (Wildman–Crippen MR) is 115 cm³/mol. The molecule has 1 aliphatic carbocycles. The zero-order valence-corrected chi connectivity index (χ0v) is 18.3. The molecule has 3 rings (SSSR count).